The van der Waals surface area contributed by atoms with Crippen molar-refractivity contribution in [3.05, 3.63) is 12.2 Å². The summed E-state index contributed by atoms with van der Waals surface area (Å²) < 4.78 is 117. The van der Waals surface area contributed by atoms with Crippen molar-refractivity contribution in [3.63, 3.8) is 0 Å². The van der Waals surface area contributed by atoms with E-state index in [-0.39, 0.29) is 5.57 Å². The van der Waals surface area contributed by atoms with Crippen molar-refractivity contribution >= 4 is 5.97 Å². The Morgan fingerprint density at radius 2 is 1.48 bits per heavy atom. The van der Waals surface area contributed by atoms with Gasteiger partial charge in [-0.2, -0.15) is 39.5 Å². The SMILES string of the molecule is C=C(C)C(=O)OCC(O)CC(F)(F)C(F)(F)C(F)(F)C(F)(F)F. The zero-order valence-corrected chi connectivity index (χ0v) is 11.4. The number of carbonyl (C=O) groups excluding carboxylic acids is 1. The van der Waals surface area contributed by atoms with Crippen LogP contribution in [-0.4, -0.2) is 47.7 Å². The molecule has 1 atom stereocenters. The minimum absolute atomic E-state index is 0.252. The molecule has 0 radical (unpaired) electrons. The largest absolute Gasteiger partial charge is 0.460 e. The molecule has 0 aliphatic rings. The maximum atomic E-state index is 13.1. The van der Waals surface area contributed by atoms with Crippen LogP contribution in [0.3, 0.4) is 0 Å². The van der Waals surface area contributed by atoms with Crippen LogP contribution in [0.15, 0.2) is 12.2 Å². The summed E-state index contributed by atoms with van der Waals surface area (Å²) in [5, 5.41) is 9.00. The minimum Gasteiger partial charge on any atom is -0.460 e. The number of ether oxygens (including phenoxy) is 1. The molecule has 0 fully saturated rings. The molecule has 0 saturated carbocycles. The lowest BCUT2D eigenvalue weighted by molar-refractivity contribution is -0.398. The molecule has 3 nitrogen and oxygen atoms in total. The molecule has 12 heteroatoms. The molecule has 0 aromatic heterocycles. The second-order valence-corrected chi connectivity index (χ2v) is 4.59. The van der Waals surface area contributed by atoms with Crippen LogP contribution in [0.5, 0.6) is 0 Å². The first-order chi connectivity index (χ1) is 9.97. The molecule has 0 amide bonds. The third kappa shape index (κ3) is 4.52. The van der Waals surface area contributed by atoms with Gasteiger partial charge in [0.1, 0.15) is 6.61 Å². The Hall–Kier alpha value is -1.46. The van der Waals surface area contributed by atoms with Crippen LogP contribution in [0.25, 0.3) is 0 Å². The Labute approximate surface area is 123 Å². The first kappa shape index (κ1) is 21.5. The first-order valence-corrected chi connectivity index (χ1v) is 5.68. The molecule has 1 N–H and O–H groups in total. The lowest BCUT2D eigenvalue weighted by atomic mass is 9.98. The Bertz CT molecular complexity index is 456. The van der Waals surface area contributed by atoms with Gasteiger partial charge in [0.25, 0.3) is 0 Å². The molecule has 23 heavy (non-hydrogen) atoms. The van der Waals surface area contributed by atoms with E-state index >= 15 is 0 Å². The fourth-order valence-electron chi connectivity index (χ4n) is 1.19. The number of halogens is 9. The Morgan fingerprint density at radius 3 is 1.83 bits per heavy atom. The smallest absolute Gasteiger partial charge is 0.460 e. The molecule has 1 unspecified atom stereocenters. The summed E-state index contributed by atoms with van der Waals surface area (Å²) in [7, 11) is 0. The molecule has 0 saturated heterocycles. The van der Waals surface area contributed by atoms with E-state index < -0.39 is 49.0 Å². The van der Waals surface area contributed by atoms with Gasteiger partial charge in [0.15, 0.2) is 0 Å². The van der Waals surface area contributed by atoms with Crippen molar-refractivity contribution in [2.75, 3.05) is 6.61 Å². The number of hydrogen-bond acceptors (Lipinski definition) is 3. The summed E-state index contributed by atoms with van der Waals surface area (Å²) in [5.41, 5.74) is -0.252. The average molecular weight is 362 g/mol. The summed E-state index contributed by atoms with van der Waals surface area (Å²) in [6.07, 6.45) is -12.0. The molecule has 0 rings (SSSR count). The van der Waals surface area contributed by atoms with Gasteiger partial charge in [-0.1, -0.05) is 6.58 Å². The van der Waals surface area contributed by atoms with Gasteiger partial charge in [-0.05, 0) is 6.92 Å². The number of rotatable bonds is 7. The van der Waals surface area contributed by atoms with Gasteiger partial charge in [0, 0.05) is 12.0 Å². The molecule has 0 aliphatic carbocycles. The normalized spacial score (nSPS) is 15.3. The van der Waals surface area contributed by atoms with E-state index in [1.54, 1.807) is 0 Å². The van der Waals surface area contributed by atoms with Crippen LogP contribution in [-0.2, 0) is 9.53 Å². The van der Waals surface area contributed by atoms with Crippen LogP contribution < -0.4 is 0 Å². The first-order valence-electron chi connectivity index (χ1n) is 5.68. The van der Waals surface area contributed by atoms with Crippen LogP contribution in [0.2, 0.25) is 0 Å². The molecule has 0 spiro atoms. The summed E-state index contributed by atoms with van der Waals surface area (Å²) in [6.45, 7) is 2.85. The summed E-state index contributed by atoms with van der Waals surface area (Å²) >= 11 is 0. The van der Waals surface area contributed by atoms with Gasteiger partial charge in [0.2, 0.25) is 0 Å². The quantitative estimate of drug-likeness (QED) is 0.429. The van der Waals surface area contributed by atoms with Gasteiger partial charge in [-0.15, -0.1) is 0 Å². The van der Waals surface area contributed by atoms with E-state index in [2.05, 4.69) is 11.3 Å². The summed E-state index contributed by atoms with van der Waals surface area (Å²) in [6, 6.07) is 0. The third-order valence-electron chi connectivity index (χ3n) is 2.46. The highest BCUT2D eigenvalue weighted by Crippen LogP contribution is 2.54. The maximum absolute atomic E-state index is 13.1. The van der Waals surface area contributed by atoms with E-state index in [1.807, 2.05) is 0 Å². The van der Waals surface area contributed by atoms with E-state index in [4.69, 9.17) is 5.11 Å². The predicted molar refractivity (Wildman–Crippen MR) is 57.3 cm³/mol. The Kier molecular flexibility index (Phi) is 6.16. The van der Waals surface area contributed by atoms with Gasteiger partial charge in [-0.3, -0.25) is 0 Å². The van der Waals surface area contributed by atoms with Gasteiger partial charge in [-0.25, -0.2) is 4.79 Å². The standard InChI is InChI=1S/C11H11F9O3/c1-5(2)7(22)23-4-6(21)3-8(12,13)9(14,15)10(16,17)11(18,19)20/h6,21H,1,3-4H2,2H3. The highest BCUT2D eigenvalue weighted by molar-refractivity contribution is 5.86. The highest BCUT2D eigenvalue weighted by atomic mass is 19.4. The molecular weight excluding hydrogens is 351 g/mol. The highest BCUT2D eigenvalue weighted by Gasteiger charge is 2.81. The Morgan fingerprint density at radius 1 is 1.04 bits per heavy atom. The number of aliphatic hydroxyl groups is 1. The number of aliphatic hydroxyl groups excluding tert-OH is 1. The van der Waals surface area contributed by atoms with Crippen molar-refractivity contribution in [3.8, 4) is 0 Å². The number of carbonyl (C=O) groups is 1. The lowest BCUT2D eigenvalue weighted by Crippen LogP contribution is -2.61. The minimum atomic E-state index is -7.03. The Balaban J connectivity index is 5.11. The van der Waals surface area contributed by atoms with E-state index in [0.29, 0.717) is 0 Å². The van der Waals surface area contributed by atoms with E-state index in [0.717, 1.165) is 6.92 Å². The number of hydrogen-bond donors (Lipinski definition) is 1. The molecule has 136 valence electrons. The van der Waals surface area contributed by atoms with Gasteiger partial charge < -0.3 is 9.84 Å². The lowest BCUT2D eigenvalue weighted by Gasteiger charge is -2.34. The van der Waals surface area contributed by atoms with Crippen LogP contribution >= 0.6 is 0 Å². The zero-order valence-electron chi connectivity index (χ0n) is 11.4. The maximum Gasteiger partial charge on any atom is 0.460 e. The van der Waals surface area contributed by atoms with Crippen molar-refractivity contribution in [2.24, 2.45) is 0 Å². The molecular formula is C11H11F9O3. The summed E-state index contributed by atoms with van der Waals surface area (Å²) in [5.74, 6) is -21.0. The second-order valence-electron chi connectivity index (χ2n) is 4.59. The monoisotopic (exact) mass is 362 g/mol. The fourth-order valence-corrected chi connectivity index (χ4v) is 1.19. The number of alkyl halides is 9. The van der Waals surface area contributed by atoms with Crippen molar-refractivity contribution in [1.29, 1.82) is 0 Å². The molecule has 0 bridgehead atoms. The molecule has 0 heterocycles. The van der Waals surface area contributed by atoms with Gasteiger partial charge >= 0.3 is 29.9 Å². The number of esters is 1. The second kappa shape index (κ2) is 6.57. The van der Waals surface area contributed by atoms with E-state index in [9.17, 15) is 44.3 Å². The van der Waals surface area contributed by atoms with Crippen LogP contribution in [0, 0.1) is 0 Å². The van der Waals surface area contributed by atoms with Crippen molar-refractivity contribution in [1.82, 2.24) is 0 Å². The van der Waals surface area contributed by atoms with Gasteiger partial charge in [0.05, 0.1) is 6.10 Å². The summed E-state index contributed by atoms with van der Waals surface area (Å²) in [4.78, 5) is 10.9. The van der Waals surface area contributed by atoms with Crippen molar-refractivity contribution in [2.45, 2.75) is 43.4 Å². The predicted octanol–water partition coefficient (Wildman–Crippen LogP) is 3.32. The molecule has 0 aromatic carbocycles. The van der Waals surface area contributed by atoms with Crippen LogP contribution in [0.1, 0.15) is 13.3 Å². The fraction of sp³-hybridized carbons (Fsp3) is 0.727. The zero-order chi connectivity index (χ0) is 18.9. The third-order valence-corrected chi connectivity index (χ3v) is 2.46. The molecule has 0 aliphatic heterocycles. The van der Waals surface area contributed by atoms with E-state index in [1.165, 1.54) is 0 Å². The topological polar surface area (TPSA) is 46.5 Å². The van der Waals surface area contributed by atoms with Crippen LogP contribution in [0.4, 0.5) is 39.5 Å². The average Bonchev–Trinajstić information content (AvgIpc) is 2.33. The van der Waals surface area contributed by atoms with Crippen molar-refractivity contribution < 1.29 is 54.2 Å². The molecule has 0 aromatic rings.